The van der Waals surface area contributed by atoms with Crippen LogP contribution in [0.4, 0.5) is 10.6 Å². The monoisotopic (exact) mass is 709 g/mol. The van der Waals surface area contributed by atoms with Gasteiger partial charge in [0.1, 0.15) is 28.3 Å². The first-order valence-corrected chi connectivity index (χ1v) is 20.4. The third kappa shape index (κ3) is 11.2. The average molecular weight is 711 g/mol. The number of aromatic nitrogens is 2. The first-order chi connectivity index (χ1) is 20.3. The summed E-state index contributed by atoms with van der Waals surface area (Å²) in [4.78, 5) is 35.1. The Labute approximate surface area is 275 Å². The number of thioether (sulfide) groups is 1. The van der Waals surface area contributed by atoms with Crippen molar-refractivity contribution in [3.63, 3.8) is 0 Å². The number of amides is 2. The Hall–Kier alpha value is -2.30. The van der Waals surface area contributed by atoms with Gasteiger partial charge in [-0.15, -0.1) is 11.8 Å². The number of benzene rings is 1. The molecule has 0 aliphatic carbocycles. The van der Waals surface area contributed by atoms with Crippen molar-refractivity contribution in [1.82, 2.24) is 20.2 Å². The molecule has 0 saturated carbocycles. The van der Waals surface area contributed by atoms with Crippen LogP contribution < -0.4 is 14.4 Å². The summed E-state index contributed by atoms with van der Waals surface area (Å²) >= 11 is 13.6. The molecule has 1 aromatic carbocycles. The van der Waals surface area contributed by atoms with Crippen LogP contribution in [0.1, 0.15) is 20.8 Å². The molecule has 0 spiro atoms. The highest BCUT2D eigenvalue weighted by Crippen LogP contribution is 2.35. The molecular weight excluding hydrogens is 669 g/mol. The molecule has 0 radical (unpaired) electrons. The van der Waals surface area contributed by atoms with Crippen LogP contribution in [0.2, 0.25) is 35.7 Å². The first-order valence-electron chi connectivity index (χ1n) is 13.6. The predicted molar refractivity (Wildman–Crippen MR) is 176 cm³/mol. The van der Waals surface area contributed by atoms with Crippen molar-refractivity contribution in [1.29, 1.82) is 0 Å². The number of carbonyl (C=O) groups is 2. The summed E-state index contributed by atoms with van der Waals surface area (Å²) < 4.78 is 45.3. The van der Waals surface area contributed by atoms with Gasteiger partial charge in [-0.2, -0.15) is 0 Å². The van der Waals surface area contributed by atoms with Gasteiger partial charge in [-0.05, 0) is 38.9 Å². The number of hydrogen-bond donors (Lipinski definition) is 1. The van der Waals surface area contributed by atoms with Gasteiger partial charge in [-0.1, -0.05) is 48.9 Å². The fourth-order valence-corrected chi connectivity index (χ4v) is 7.04. The smallest absolute Gasteiger partial charge is 0.408 e. The van der Waals surface area contributed by atoms with E-state index in [1.165, 1.54) is 36.4 Å². The zero-order chi connectivity index (χ0) is 33.5. The first kappa shape index (κ1) is 37.9. The van der Waals surface area contributed by atoms with Crippen molar-refractivity contribution in [2.24, 2.45) is 0 Å². The summed E-state index contributed by atoms with van der Waals surface area (Å²) in [6.45, 7) is 11.6. The van der Waals surface area contributed by atoms with E-state index in [0.29, 0.717) is 11.6 Å². The summed E-state index contributed by atoms with van der Waals surface area (Å²) in [6.07, 6.45) is 0.601. The van der Waals surface area contributed by atoms with Crippen LogP contribution in [0.25, 0.3) is 0 Å². The van der Waals surface area contributed by atoms with Gasteiger partial charge in [-0.3, -0.25) is 4.79 Å². The summed E-state index contributed by atoms with van der Waals surface area (Å²) in [6, 6.07) is 4.16. The van der Waals surface area contributed by atoms with Crippen molar-refractivity contribution in [3.05, 3.63) is 34.4 Å². The summed E-state index contributed by atoms with van der Waals surface area (Å²) in [5, 5.41) is 2.83. The molecule has 2 rings (SSSR count). The van der Waals surface area contributed by atoms with Crippen LogP contribution in [0.3, 0.4) is 0 Å². The third-order valence-corrected chi connectivity index (χ3v) is 11.0. The van der Waals surface area contributed by atoms with E-state index < -0.39 is 35.8 Å². The summed E-state index contributed by atoms with van der Waals surface area (Å²) in [5.41, 5.74) is -0.752. The molecule has 1 N–H and O–H groups in total. The SMILES string of the molecule is COc1nc(SC[C@H](NC(=O)OC(C)(C)C)C(=O)N(C)C)cnc1N(COCC[Si](C)(C)C)S(=O)(=O)c1cccc(Cl)c1Cl. The number of rotatable bonds is 14. The van der Waals surface area contributed by atoms with Gasteiger partial charge in [0.05, 0.1) is 23.4 Å². The fraction of sp³-hybridized carbons (Fsp3) is 0.556. The highest BCUT2D eigenvalue weighted by molar-refractivity contribution is 7.99. The van der Waals surface area contributed by atoms with Crippen molar-refractivity contribution >= 4 is 70.9 Å². The van der Waals surface area contributed by atoms with Crippen LogP contribution in [-0.4, -0.2) is 95.3 Å². The second-order valence-corrected chi connectivity index (χ2v) is 21.3. The maximum Gasteiger partial charge on any atom is 0.408 e. The van der Waals surface area contributed by atoms with Crippen LogP contribution in [0.15, 0.2) is 34.3 Å². The molecular formula is C27H41Cl2N5O7S2Si. The normalized spacial score (nSPS) is 12.8. The predicted octanol–water partition coefficient (Wildman–Crippen LogP) is 5.37. The number of nitrogens with one attached hydrogen (secondary N) is 1. The molecule has 0 fully saturated rings. The molecule has 17 heteroatoms. The third-order valence-electron chi connectivity index (χ3n) is 5.65. The molecule has 0 bridgehead atoms. The molecule has 2 amide bonds. The summed E-state index contributed by atoms with van der Waals surface area (Å²) in [5.74, 6) is -0.520. The minimum absolute atomic E-state index is 0.0685. The molecule has 1 heterocycles. The van der Waals surface area contributed by atoms with Crippen LogP contribution >= 0.6 is 35.0 Å². The van der Waals surface area contributed by atoms with Gasteiger partial charge in [0, 0.05) is 34.5 Å². The Morgan fingerprint density at radius 3 is 2.39 bits per heavy atom. The standard InChI is InChI=1S/C27H41Cl2N5O7S2Si/c1-27(2,3)41-26(36)31-19(25(35)33(4)5)16-42-21-15-30-23(24(32-21)39-6)34(17-40-13-14-44(7,8)9)43(37,38)20-12-10-11-18(28)22(20)29/h10-12,15,19H,13-14,16-17H2,1-9H3,(H,31,36)/t19-/m0/s1. The Morgan fingerprint density at radius 2 is 1.82 bits per heavy atom. The van der Waals surface area contributed by atoms with Crippen LogP contribution in [0.5, 0.6) is 5.88 Å². The van der Waals surface area contributed by atoms with E-state index in [1.807, 2.05) is 0 Å². The van der Waals surface area contributed by atoms with Gasteiger partial charge >= 0.3 is 6.09 Å². The Bertz CT molecular complexity index is 1420. The van der Waals surface area contributed by atoms with E-state index in [-0.39, 0.29) is 45.0 Å². The highest BCUT2D eigenvalue weighted by atomic mass is 35.5. The molecule has 2 aromatic rings. The van der Waals surface area contributed by atoms with Gasteiger partial charge in [0.2, 0.25) is 11.7 Å². The largest absolute Gasteiger partial charge is 0.478 e. The quantitative estimate of drug-likeness (QED) is 0.118. The Kier molecular flexibility index (Phi) is 13.6. The van der Waals surface area contributed by atoms with Crippen molar-refractivity contribution in [2.75, 3.05) is 44.6 Å². The highest BCUT2D eigenvalue weighted by Gasteiger charge is 2.33. The van der Waals surface area contributed by atoms with E-state index in [2.05, 4.69) is 34.9 Å². The number of anilines is 1. The molecule has 12 nitrogen and oxygen atoms in total. The van der Waals surface area contributed by atoms with E-state index in [9.17, 15) is 18.0 Å². The van der Waals surface area contributed by atoms with E-state index in [0.717, 1.165) is 22.1 Å². The lowest BCUT2D eigenvalue weighted by atomic mass is 10.2. The average Bonchev–Trinajstić information content (AvgIpc) is 2.90. The number of alkyl carbamates (subject to hydrolysis) is 1. The molecule has 0 aliphatic rings. The lowest BCUT2D eigenvalue weighted by Crippen LogP contribution is -2.49. The van der Waals surface area contributed by atoms with Crippen molar-refractivity contribution < 1.29 is 32.2 Å². The molecule has 246 valence electrons. The zero-order valence-electron chi connectivity index (χ0n) is 26.4. The molecule has 1 aromatic heterocycles. The van der Waals surface area contributed by atoms with Crippen molar-refractivity contribution in [3.8, 4) is 5.88 Å². The van der Waals surface area contributed by atoms with Gasteiger partial charge in [-0.25, -0.2) is 27.5 Å². The maximum atomic E-state index is 13.9. The number of sulfonamides is 1. The number of carbonyl (C=O) groups excluding carboxylic acids is 2. The molecule has 0 unspecified atom stereocenters. The number of halogens is 2. The lowest BCUT2D eigenvalue weighted by Gasteiger charge is -2.26. The van der Waals surface area contributed by atoms with Crippen LogP contribution in [0, 0.1) is 0 Å². The second-order valence-electron chi connectivity index (χ2n) is 12.0. The lowest BCUT2D eigenvalue weighted by molar-refractivity contribution is -0.130. The zero-order valence-corrected chi connectivity index (χ0v) is 30.6. The van der Waals surface area contributed by atoms with Gasteiger partial charge in [0.15, 0.2) is 0 Å². The summed E-state index contributed by atoms with van der Waals surface area (Å²) in [7, 11) is -1.34. The molecule has 0 aliphatic heterocycles. The Morgan fingerprint density at radius 1 is 1.16 bits per heavy atom. The number of methoxy groups -OCH3 is 1. The Balaban J connectivity index is 2.42. The van der Waals surface area contributed by atoms with E-state index >= 15 is 0 Å². The second kappa shape index (κ2) is 15.8. The minimum atomic E-state index is -4.34. The maximum absolute atomic E-state index is 13.9. The molecule has 0 saturated heterocycles. The van der Waals surface area contributed by atoms with Crippen molar-refractivity contribution in [2.45, 2.75) is 68.0 Å². The topological polar surface area (TPSA) is 140 Å². The van der Waals surface area contributed by atoms with E-state index in [1.54, 1.807) is 34.9 Å². The number of nitrogens with zero attached hydrogens (tertiary/aromatic N) is 4. The van der Waals surface area contributed by atoms with Crippen LogP contribution in [-0.2, 0) is 24.3 Å². The van der Waals surface area contributed by atoms with Gasteiger partial charge in [0.25, 0.3) is 15.9 Å². The molecule has 44 heavy (non-hydrogen) atoms. The van der Waals surface area contributed by atoms with E-state index in [4.69, 9.17) is 37.4 Å². The minimum Gasteiger partial charge on any atom is -0.478 e. The number of likely N-dealkylation sites (N-methyl/N-ethyl adjacent to an activating group) is 1. The number of hydrogen-bond acceptors (Lipinski definition) is 10. The van der Waals surface area contributed by atoms with Gasteiger partial charge < -0.3 is 24.4 Å². The number of ether oxygens (including phenoxy) is 3. The fourth-order valence-electron chi connectivity index (χ4n) is 3.41. The molecule has 1 atom stereocenters.